The maximum absolute atomic E-state index is 12.1. The van der Waals surface area contributed by atoms with E-state index < -0.39 is 0 Å². The highest BCUT2D eigenvalue weighted by atomic mass is 35.5. The molecule has 0 aliphatic carbocycles. The van der Waals surface area contributed by atoms with Gasteiger partial charge in [-0.2, -0.15) is 0 Å². The maximum Gasteiger partial charge on any atom is 0.222 e. The van der Waals surface area contributed by atoms with Gasteiger partial charge in [-0.1, -0.05) is 35.7 Å². The number of aromatic nitrogens is 2. The van der Waals surface area contributed by atoms with Gasteiger partial charge in [0.15, 0.2) is 5.78 Å². The third-order valence-corrected chi connectivity index (χ3v) is 3.96. The fourth-order valence-corrected chi connectivity index (χ4v) is 2.93. The second kappa shape index (κ2) is 7.73. The van der Waals surface area contributed by atoms with Crippen LogP contribution in [-0.2, 0) is 0 Å². The van der Waals surface area contributed by atoms with Gasteiger partial charge in [0.2, 0.25) is 5.95 Å². The molecule has 5 nitrogen and oxygen atoms in total. The molecule has 2 heterocycles. The number of hydrogen-bond acceptors (Lipinski definition) is 5. The molecule has 0 radical (unpaired) electrons. The molecule has 1 aliphatic rings. The molecule has 0 spiro atoms. The number of anilines is 1. The van der Waals surface area contributed by atoms with E-state index in [1.807, 2.05) is 6.08 Å². The van der Waals surface area contributed by atoms with Crippen molar-refractivity contribution < 1.29 is 4.79 Å². The molecule has 1 aromatic rings. The van der Waals surface area contributed by atoms with Crippen molar-refractivity contribution in [2.75, 3.05) is 25.4 Å². The van der Waals surface area contributed by atoms with E-state index in [0.29, 0.717) is 0 Å². The first-order chi connectivity index (χ1) is 10.1. The fourth-order valence-electron chi connectivity index (χ4n) is 2.34. The number of nitrogens with zero attached hydrogens (tertiary/aromatic N) is 3. The highest BCUT2D eigenvalue weighted by Gasteiger charge is 2.16. The van der Waals surface area contributed by atoms with Crippen LogP contribution >= 0.6 is 23.2 Å². The Bertz CT molecular complexity index is 519. The minimum absolute atomic E-state index is 0.0156. The zero-order valence-corrected chi connectivity index (χ0v) is 13.2. The van der Waals surface area contributed by atoms with Crippen LogP contribution in [0.3, 0.4) is 0 Å². The number of nitrogen functional groups attached to an aromatic ring is 1. The Morgan fingerprint density at radius 3 is 2.43 bits per heavy atom. The van der Waals surface area contributed by atoms with Crippen LogP contribution in [0, 0.1) is 0 Å². The van der Waals surface area contributed by atoms with Gasteiger partial charge in [-0.3, -0.25) is 4.79 Å². The molecule has 0 saturated carbocycles. The van der Waals surface area contributed by atoms with E-state index >= 15 is 0 Å². The average Bonchev–Trinajstić information content (AvgIpc) is 2.43. The average molecular weight is 329 g/mol. The lowest BCUT2D eigenvalue weighted by Crippen LogP contribution is -2.30. The summed E-state index contributed by atoms with van der Waals surface area (Å²) in [4.78, 5) is 21.9. The summed E-state index contributed by atoms with van der Waals surface area (Å²) in [6, 6.07) is 0. The van der Waals surface area contributed by atoms with Crippen molar-refractivity contribution in [2.45, 2.75) is 25.7 Å². The third kappa shape index (κ3) is 4.66. The molecule has 7 heteroatoms. The molecular formula is C14H18Cl2N4O. The normalized spacial score (nSPS) is 16.5. The molecule has 21 heavy (non-hydrogen) atoms. The first-order valence-electron chi connectivity index (χ1n) is 6.99. The van der Waals surface area contributed by atoms with Crippen molar-refractivity contribution in [1.29, 1.82) is 0 Å². The summed E-state index contributed by atoms with van der Waals surface area (Å²) in [7, 11) is 0. The molecule has 2 N–H and O–H groups in total. The number of likely N-dealkylation sites (tertiary alicyclic amines) is 1. The van der Waals surface area contributed by atoms with Crippen molar-refractivity contribution >= 4 is 34.9 Å². The Morgan fingerprint density at radius 1 is 1.19 bits per heavy atom. The smallest absolute Gasteiger partial charge is 0.222 e. The number of allylic oxidation sites excluding steroid dienone is 1. The maximum atomic E-state index is 12.1. The quantitative estimate of drug-likeness (QED) is 0.511. The van der Waals surface area contributed by atoms with Crippen LogP contribution in [0.4, 0.5) is 5.95 Å². The Morgan fingerprint density at radius 2 is 1.81 bits per heavy atom. The molecule has 0 atom stereocenters. The molecule has 1 aromatic heterocycles. The number of halogens is 2. The largest absolute Gasteiger partial charge is 0.368 e. The lowest BCUT2D eigenvalue weighted by Gasteiger charge is -2.25. The van der Waals surface area contributed by atoms with Gasteiger partial charge >= 0.3 is 0 Å². The standard InChI is InChI=1S/C14H18Cl2N4O/c15-12-11(13(16)19-14(17)18-12)10(21)6-2-5-9-20-7-3-1-4-8-20/h2,6H,1,3-5,7-9H2,(H2,17,18,19)/b6-2+. The van der Waals surface area contributed by atoms with Crippen molar-refractivity contribution in [1.82, 2.24) is 14.9 Å². The molecule has 2 rings (SSSR count). The highest BCUT2D eigenvalue weighted by molar-refractivity contribution is 6.39. The van der Waals surface area contributed by atoms with Gasteiger partial charge in [0.05, 0.1) is 5.56 Å². The van der Waals surface area contributed by atoms with Crippen molar-refractivity contribution in [3.8, 4) is 0 Å². The number of nitrogens with two attached hydrogens (primary N) is 1. The second-order valence-corrected chi connectivity index (χ2v) is 5.71. The van der Waals surface area contributed by atoms with E-state index in [2.05, 4.69) is 14.9 Å². The van der Waals surface area contributed by atoms with E-state index in [0.717, 1.165) is 26.1 Å². The monoisotopic (exact) mass is 328 g/mol. The lowest BCUT2D eigenvalue weighted by atomic mass is 10.1. The van der Waals surface area contributed by atoms with Crippen molar-refractivity contribution in [3.05, 3.63) is 28.0 Å². The predicted molar refractivity (Wildman–Crippen MR) is 84.8 cm³/mol. The Hall–Kier alpha value is -1.17. The molecular weight excluding hydrogens is 311 g/mol. The molecule has 114 valence electrons. The van der Waals surface area contributed by atoms with Crippen LogP contribution in [0.2, 0.25) is 10.3 Å². The summed E-state index contributed by atoms with van der Waals surface area (Å²) in [5.74, 6) is -0.348. The SMILES string of the molecule is Nc1nc(Cl)c(C(=O)/C=C/CCN2CCCCC2)c(Cl)n1. The summed E-state index contributed by atoms with van der Waals surface area (Å²) in [6.45, 7) is 3.25. The van der Waals surface area contributed by atoms with Gasteiger partial charge in [-0.15, -0.1) is 0 Å². The topological polar surface area (TPSA) is 72.1 Å². The van der Waals surface area contributed by atoms with Gasteiger partial charge < -0.3 is 10.6 Å². The lowest BCUT2D eigenvalue weighted by molar-refractivity contribution is 0.104. The van der Waals surface area contributed by atoms with E-state index in [1.165, 1.54) is 25.3 Å². The number of carbonyl (C=O) groups is 1. The summed E-state index contributed by atoms with van der Waals surface area (Å²) >= 11 is 11.8. The van der Waals surface area contributed by atoms with Crippen LogP contribution in [0.1, 0.15) is 36.0 Å². The number of rotatable bonds is 5. The Balaban J connectivity index is 1.90. The number of hydrogen-bond donors (Lipinski definition) is 1. The first kappa shape index (κ1) is 16.2. The Labute approximate surface area is 134 Å². The molecule has 1 saturated heterocycles. The minimum Gasteiger partial charge on any atom is -0.368 e. The second-order valence-electron chi connectivity index (χ2n) is 5.00. The number of piperidine rings is 1. The molecule has 0 unspecified atom stereocenters. The summed E-state index contributed by atoms with van der Waals surface area (Å²) < 4.78 is 0. The minimum atomic E-state index is -0.302. The van der Waals surface area contributed by atoms with Gasteiger partial charge in [0.25, 0.3) is 0 Å². The molecule has 0 amide bonds. The summed E-state index contributed by atoms with van der Waals surface area (Å²) in [5, 5.41) is -0.0311. The van der Waals surface area contributed by atoms with Crippen LogP contribution in [0.5, 0.6) is 0 Å². The summed E-state index contributed by atoms with van der Waals surface area (Å²) in [6.07, 6.45) is 7.96. The van der Waals surface area contributed by atoms with E-state index in [9.17, 15) is 4.79 Å². The van der Waals surface area contributed by atoms with Crippen molar-refractivity contribution in [3.63, 3.8) is 0 Å². The van der Waals surface area contributed by atoms with Crippen LogP contribution in [0.15, 0.2) is 12.2 Å². The van der Waals surface area contributed by atoms with Crippen LogP contribution < -0.4 is 5.73 Å². The van der Waals surface area contributed by atoms with E-state index in [1.54, 1.807) is 0 Å². The van der Waals surface area contributed by atoms with E-state index in [4.69, 9.17) is 28.9 Å². The van der Waals surface area contributed by atoms with Gasteiger partial charge in [-0.05, 0) is 38.4 Å². The zero-order valence-electron chi connectivity index (χ0n) is 11.7. The van der Waals surface area contributed by atoms with Gasteiger partial charge in [0.1, 0.15) is 10.3 Å². The number of carbonyl (C=O) groups excluding carboxylic acids is 1. The molecule has 0 aromatic carbocycles. The van der Waals surface area contributed by atoms with Crippen LogP contribution in [0.25, 0.3) is 0 Å². The third-order valence-electron chi connectivity index (χ3n) is 3.41. The number of ketones is 1. The molecule has 0 bridgehead atoms. The van der Waals surface area contributed by atoms with Crippen molar-refractivity contribution in [2.24, 2.45) is 0 Å². The van der Waals surface area contributed by atoms with Gasteiger partial charge in [0, 0.05) is 6.54 Å². The highest BCUT2D eigenvalue weighted by Crippen LogP contribution is 2.22. The molecule has 1 aliphatic heterocycles. The summed E-state index contributed by atoms with van der Waals surface area (Å²) in [5.41, 5.74) is 5.51. The molecule has 1 fully saturated rings. The van der Waals surface area contributed by atoms with E-state index in [-0.39, 0.29) is 27.6 Å². The van der Waals surface area contributed by atoms with Gasteiger partial charge in [-0.25, -0.2) is 9.97 Å². The predicted octanol–water partition coefficient (Wildman–Crippen LogP) is 2.98. The van der Waals surface area contributed by atoms with Crippen LogP contribution in [-0.4, -0.2) is 40.3 Å². The Kier molecular flexibility index (Phi) is 5.96. The first-order valence-corrected chi connectivity index (χ1v) is 7.75. The zero-order chi connectivity index (χ0) is 15.2. The fraction of sp³-hybridized carbons (Fsp3) is 0.500.